The number of hydrogen-bond donors (Lipinski definition) is 3. The number of aromatic amines is 2. The summed E-state index contributed by atoms with van der Waals surface area (Å²) in [6.45, 7) is 4.51. The van der Waals surface area contributed by atoms with Gasteiger partial charge in [0.15, 0.2) is 0 Å². The molecule has 0 saturated carbocycles. The van der Waals surface area contributed by atoms with Gasteiger partial charge in [0.1, 0.15) is 0 Å². The molecule has 0 aromatic carbocycles. The van der Waals surface area contributed by atoms with Crippen molar-refractivity contribution in [3.63, 3.8) is 0 Å². The zero-order valence-electron chi connectivity index (χ0n) is 26.4. The quantitative estimate of drug-likeness (QED) is 0.232. The van der Waals surface area contributed by atoms with Crippen molar-refractivity contribution in [1.82, 2.24) is 29.9 Å². The number of nitrogens with one attached hydrogen (secondary N) is 2. The summed E-state index contributed by atoms with van der Waals surface area (Å²) in [4.78, 5) is 29.7. The first-order valence-electron chi connectivity index (χ1n) is 15.8. The van der Waals surface area contributed by atoms with Crippen molar-refractivity contribution in [2.24, 2.45) is 10.7 Å². The molecule has 8 rings (SSSR count). The third-order valence-corrected chi connectivity index (χ3v) is 8.55. The van der Waals surface area contributed by atoms with Gasteiger partial charge in [0, 0.05) is 99.7 Å². The average Bonchev–Trinajstić information content (AvgIpc) is 3.93. The number of pyridine rings is 4. The van der Waals surface area contributed by atoms with Crippen molar-refractivity contribution in [3.8, 4) is 0 Å². The number of aliphatic imine (C=N–C) groups is 1. The molecule has 2 aliphatic heterocycles. The van der Waals surface area contributed by atoms with Crippen LogP contribution in [0.3, 0.4) is 0 Å². The Hall–Kier alpha value is -6.93. The third-order valence-electron chi connectivity index (χ3n) is 8.55. The highest BCUT2D eigenvalue weighted by Gasteiger charge is 2.21. The van der Waals surface area contributed by atoms with Crippen LogP contribution in [-0.4, -0.2) is 35.6 Å². The van der Waals surface area contributed by atoms with Crippen molar-refractivity contribution in [3.05, 3.63) is 215 Å². The summed E-state index contributed by atoms with van der Waals surface area (Å²) < 4.78 is 0. The molecule has 6 bridgehead atoms. The van der Waals surface area contributed by atoms with Crippen molar-refractivity contribution < 1.29 is 0 Å². The van der Waals surface area contributed by atoms with Gasteiger partial charge in [-0.25, -0.2) is 4.99 Å². The number of nitrogens with two attached hydrogens (primary N) is 1. The molecule has 8 heterocycles. The Morgan fingerprint density at radius 3 is 1.49 bits per heavy atom. The van der Waals surface area contributed by atoms with Gasteiger partial charge in [-0.15, -0.1) is 0 Å². The highest BCUT2D eigenvalue weighted by atomic mass is 14.8. The molecule has 0 amide bonds. The van der Waals surface area contributed by atoms with Crippen LogP contribution in [-0.2, 0) is 0 Å². The van der Waals surface area contributed by atoms with E-state index in [2.05, 4.69) is 72.9 Å². The number of fused-ring (bicyclic) bond motifs is 5. The van der Waals surface area contributed by atoms with E-state index in [-0.39, 0.29) is 0 Å². The average molecular weight is 635 g/mol. The third kappa shape index (κ3) is 5.68. The fraction of sp³-hybridized carbons (Fsp3) is 0. The lowest BCUT2D eigenvalue weighted by molar-refractivity contribution is 1.23. The SMILES string of the molecule is C=C1/C=C\C(N)=C(/c2ccncc2)c2ccc([nH]2)/C(c2ccncc2)=C2/C=CC(=N2)/C(c2ccncc2)=c2/cc/c([nH]2)=C/1c1ccncc1. The molecule has 2 aliphatic rings. The van der Waals surface area contributed by atoms with Crippen LogP contribution in [0.1, 0.15) is 33.6 Å². The number of allylic oxidation sites excluding steroid dienone is 5. The lowest BCUT2D eigenvalue weighted by atomic mass is 9.97. The monoisotopic (exact) mass is 634 g/mol. The molecule has 4 N–H and O–H groups in total. The van der Waals surface area contributed by atoms with Gasteiger partial charge in [-0.2, -0.15) is 0 Å². The fourth-order valence-electron chi connectivity index (χ4n) is 6.32. The summed E-state index contributed by atoms with van der Waals surface area (Å²) in [5.74, 6) is 0. The Morgan fingerprint density at radius 2 is 0.918 bits per heavy atom. The van der Waals surface area contributed by atoms with Crippen molar-refractivity contribution in [1.29, 1.82) is 0 Å². The van der Waals surface area contributed by atoms with Crippen LogP contribution in [0.15, 0.2) is 175 Å². The first-order valence-corrected chi connectivity index (χ1v) is 15.8. The Labute approximate surface area is 282 Å². The minimum absolute atomic E-state index is 0.568. The van der Waals surface area contributed by atoms with E-state index in [0.29, 0.717) is 5.70 Å². The summed E-state index contributed by atoms with van der Waals surface area (Å²) in [6.07, 6.45) is 22.3. The predicted octanol–water partition coefficient (Wildman–Crippen LogP) is 5.64. The van der Waals surface area contributed by atoms with Gasteiger partial charge in [0.05, 0.1) is 11.4 Å². The summed E-state index contributed by atoms with van der Waals surface area (Å²) >= 11 is 0. The second kappa shape index (κ2) is 12.7. The van der Waals surface area contributed by atoms with Crippen LogP contribution in [0.5, 0.6) is 0 Å². The standard InChI is InChI=1S/C41H30N8/c1-26-2-3-31(42)39(28-12-20-44-21-13-28)33-5-7-35(48-33)41(30-16-24-46-25-17-30)37-9-8-36(49-37)40(29-14-22-45-23-15-29)34-6-4-32(47-34)38(26)27-10-18-43-19-11-27/h2-25,47-48H,1,42H2/b3-2-,38-32+,39-31-,40-34-,41-37-. The maximum atomic E-state index is 6.94. The molecular formula is C41H30N8. The highest BCUT2D eigenvalue weighted by molar-refractivity contribution is 6.30. The van der Waals surface area contributed by atoms with Crippen LogP contribution in [0, 0.1) is 0 Å². The molecule has 0 fully saturated rings. The Kier molecular flexibility index (Phi) is 7.64. The lowest BCUT2D eigenvalue weighted by Gasteiger charge is -2.12. The lowest BCUT2D eigenvalue weighted by Crippen LogP contribution is -2.19. The molecule has 234 valence electrons. The molecule has 0 atom stereocenters. The van der Waals surface area contributed by atoms with E-state index in [1.807, 2.05) is 60.7 Å². The first-order chi connectivity index (χ1) is 24.1. The van der Waals surface area contributed by atoms with Crippen molar-refractivity contribution >= 4 is 28.0 Å². The molecule has 6 aromatic heterocycles. The first kappa shape index (κ1) is 29.5. The molecule has 49 heavy (non-hydrogen) atoms. The number of hydrogen-bond acceptors (Lipinski definition) is 6. The highest BCUT2D eigenvalue weighted by Crippen LogP contribution is 2.34. The van der Waals surface area contributed by atoms with Crippen molar-refractivity contribution in [2.45, 2.75) is 0 Å². The van der Waals surface area contributed by atoms with Gasteiger partial charge in [-0.3, -0.25) is 19.9 Å². The van der Waals surface area contributed by atoms with Gasteiger partial charge >= 0.3 is 0 Å². The van der Waals surface area contributed by atoms with E-state index in [4.69, 9.17) is 10.7 Å². The predicted molar refractivity (Wildman–Crippen MR) is 194 cm³/mol. The summed E-state index contributed by atoms with van der Waals surface area (Å²) in [6, 6.07) is 24.2. The Morgan fingerprint density at radius 1 is 0.449 bits per heavy atom. The van der Waals surface area contributed by atoms with Crippen molar-refractivity contribution in [2.75, 3.05) is 0 Å². The summed E-state index contributed by atoms with van der Waals surface area (Å²) in [7, 11) is 0. The molecule has 8 heteroatoms. The number of H-pyrrole nitrogens is 2. The molecule has 6 aromatic rings. The number of nitrogens with zero attached hydrogens (tertiary/aromatic N) is 5. The molecule has 0 saturated heterocycles. The molecular weight excluding hydrogens is 605 g/mol. The molecule has 0 aliphatic carbocycles. The van der Waals surface area contributed by atoms with E-state index in [1.165, 1.54) is 0 Å². The van der Waals surface area contributed by atoms with Gasteiger partial charge < -0.3 is 15.7 Å². The van der Waals surface area contributed by atoms with E-state index < -0.39 is 0 Å². The van der Waals surface area contributed by atoms with Gasteiger partial charge in [-0.05, 0) is 119 Å². The largest absolute Gasteiger partial charge is 0.398 e. The topological polar surface area (TPSA) is 122 Å². The number of rotatable bonds is 4. The Balaban J connectivity index is 1.47. The van der Waals surface area contributed by atoms with Gasteiger partial charge in [0.2, 0.25) is 0 Å². The van der Waals surface area contributed by atoms with Crippen LogP contribution in [0.2, 0.25) is 0 Å². The normalized spacial score (nSPS) is 20.6. The van der Waals surface area contributed by atoms with Crippen LogP contribution in [0.4, 0.5) is 0 Å². The second-order valence-corrected chi connectivity index (χ2v) is 11.5. The fourth-order valence-corrected chi connectivity index (χ4v) is 6.32. The van der Waals surface area contributed by atoms with E-state index in [0.717, 1.165) is 83.6 Å². The molecule has 8 nitrogen and oxygen atoms in total. The smallest absolute Gasteiger partial charge is 0.0737 e. The minimum Gasteiger partial charge on any atom is -0.398 e. The minimum atomic E-state index is 0.568. The maximum absolute atomic E-state index is 6.94. The van der Waals surface area contributed by atoms with E-state index in [9.17, 15) is 0 Å². The Bertz CT molecular complexity index is 2480. The molecule has 0 unspecified atom stereocenters. The summed E-state index contributed by atoms with van der Waals surface area (Å²) in [5.41, 5.74) is 19.2. The summed E-state index contributed by atoms with van der Waals surface area (Å²) in [5, 5.41) is 1.80. The molecule has 0 spiro atoms. The maximum Gasteiger partial charge on any atom is 0.0737 e. The van der Waals surface area contributed by atoms with E-state index >= 15 is 0 Å². The zero-order valence-corrected chi connectivity index (χ0v) is 26.4. The second-order valence-electron chi connectivity index (χ2n) is 11.5. The van der Waals surface area contributed by atoms with E-state index in [1.54, 1.807) is 49.6 Å². The zero-order chi connectivity index (χ0) is 33.2. The van der Waals surface area contributed by atoms with Gasteiger partial charge in [0.25, 0.3) is 0 Å². The van der Waals surface area contributed by atoms with Crippen LogP contribution < -0.4 is 16.4 Å². The molecule has 0 radical (unpaired) electrons. The van der Waals surface area contributed by atoms with Crippen LogP contribution >= 0.6 is 0 Å². The van der Waals surface area contributed by atoms with Crippen LogP contribution in [0.25, 0.3) is 22.3 Å². The van der Waals surface area contributed by atoms with Gasteiger partial charge in [-0.1, -0.05) is 12.7 Å². The number of aromatic nitrogens is 6.